The fourth-order valence-electron chi connectivity index (χ4n) is 5.75. The van der Waals surface area contributed by atoms with E-state index in [-0.39, 0.29) is 25.9 Å². The molecule has 0 spiro atoms. The van der Waals surface area contributed by atoms with Gasteiger partial charge >= 0.3 is 0 Å². The quantitative estimate of drug-likeness (QED) is 0.0788. The molecule has 0 bridgehead atoms. The number of hydrogen-bond acceptors (Lipinski definition) is 12. The largest absolute Gasteiger partial charge is 0.493 e. The third-order valence-corrected chi connectivity index (χ3v) is 9.32. The predicted molar refractivity (Wildman–Crippen MR) is 201 cm³/mol. The SMILES string of the molecule is Cc1c(COc2cc(OCc3cncc(C#N)c3)c(CN(C)C(C)c3nnn[nH]3)cc2Cl)cccc1-c1cccc(OCCCNC[C@H](O)CO)c1C. The Morgan fingerprint density at radius 3 is 2.49 bits per heavy atom. The van der Waals surface area contributed by atoms with Crippen LogP contribution in [0.5, 0.6) is 17.2 Å². The van der Waals surface area contributed by atoms with Crippen molar-refractivity contribution in [2.45, 2.75) is 59.1 Å². The molecule has 0 aliphatic rings. The minimum absolute atomic E-state index is 0.115. The van der Waals surface area contributed by atoms with Gasteiger partial charge in [0.15, 0.2) is 5.82 Å². The molecule has 14 heteroatoms. The van der Waals surface area contributed by atoms with E-state index in [1.807, 2.05) is 50.4 Å². The van der Waals surface area contributed by atoms with Crippen molar-refractivity contribution in [1.82, 2.24) is 35.8 Å². The normalized spacial score (nSPS) is 12.4. The molecule has 13 nitrogen and oxygen atoms in total. The van der Waals surface area contributed by atoms with Crippen LogP contribution in [0.15, 0.2) is 67.0 Å². The molecule has 0 radical (unpaired) electrons. The number of benzene rings is 3. The Morgan fingerprint density at radius 1 is 0.962 bits per heavy atom. The summed E-state index contributed by atoms with van der Waals surface area (Å²) < 4.78 is 18.8. The molecule has 0 fully saturated rings. The Hall–Kier alpha value is -5.10. The Bertz CT molecular complexity index is 1990. The van der Waals surface area contributed by atoms with Crippen molar-refractivity contribution in [3.05, 3.63) is 111 Å². The van der Waals surface area contributed by atoms with Gasteiger partial charge in [0.2, 0.25) is 0 Å². The molecule has 0 aliphatic carbocycles. The number of tetrazole rings is 1. The number of nitriles is 1. The van der Waals surface area contributed by atoms with Gasteiger partial charge < -0.3 is 29.7 Å². The number of halogens is 1. The number of nitrogens with one attached hydrogen (secondary N) is 2. The zero-order valence-electron chi connectivity index (χ0n) is 30.3. The molecule has 5 aromatic rings. The number of ether oxygens (including phenoxy) is 3. The van der Waals surface area contributed by atoms with Crippen LogP contribution < -0.4 is 19.5 Å². The van der Waals surface area contributed by atoms with E-state index in [0.717, 1.165) is 51.1 Å². The van der Waals surface area contributed by atoms with E-state index in [4.69, 9.17) is 30.9 Å². The Kier molecular flexibility index (Phi) is 14.1. The van der Waals surface area contributed by atoms with Crippen LogP contribution in [-0.4, -0.2) is 80.2 Å². The number of aliphatic hydroxyl groups is 2. The maximum Gasteiger partial charge on any atom is 0.165 e. The number of H-pyrrole nitrogens is 1. The van der Waals surface area contributed by atoms with Crippen LogP contribution in [0.1, 0.15) is 58.6 Å². The summed E-state index contributed by atoms with van der Waals surface area (Å²) in [4.78, 5) is 6.23. The van der Waals surface area contributed by atoms with Crippen molar-refractivity contribution in [3.8, 4) is 34.4 Å². The van der Waals surface area contributed by atoms with Crippen molar-refractivity contribution in [2.24, 2.45) is 0 Å². The van der Waals surface area contributed by atoms with E-state index in [2.05, 4.69) is 67.9 Å². The van der Waals surface area contributed by atoms with Crippen LogP contribution in [0, 0.1) is 25.2 Å². The van der Waals surface area contributed by atoms with Gasteiger partial charge in [-0.1, -0.05) is 41.9 Å². The summed E-state index contributed by atoms with van der Waals surface area (Å²) in [6.45, 7) is 8.34. The summed E-state index contributed by atoms with van der Waals surface area (Å²) in [6.07, 6.45) is 3.18. The topological polar surface area (TPSA) is 175 Å². The van der Waals surface area contributed by atoms with Crippen molar-refractivity contribution in [2.75, 3.05) is 33.4 Å². The highest BCUT2D eigenvalue weighted by Gasteiger charge is 2.20. The van der Waals surface area contributed by atoms with Crippen LogP contribution in [0.4, 0.5) is 0 Å². The number of nitrogens with zero attached hydrogens (tertiary/aromatic N) is 6. The van der Waals surface area contributed by atoms with Gasteiger partial charge in [-0.3, -0.25) is 9.88 Å². The van der Waals surface area contributed by atoms with Crippen molar-refractivity contribution < 1.29 is 24.4 Å². The summed E-state index contributed by atoms with van der Waals surface area (Å²) in [5.41, 5.74) is 7.30. The highest BCUT2D eigenvalue weighted by atomic mass is 35.5. The lowest BCUT2D eigenvalue weighted by Crippen LogP contribution is -2.30. The fraction of sp³-hybridized carbons (Fsp3) is 0.359. The minimum Gasteiger partial charge on any atom is -0.493 e. The van der Waals surface area contributed by atoms with E-state index >= 15 is 0 Å². The number of aromatic nitrogens is 5. The monoisotopic (exact) mass is 740 g/mol. The van der Waals surface area contributed by atoms with Gasteiger partial charge in [-0.2, -0.15) is 5.26 Å². The summed E-state index contributed by atoms with van der Waals surface area (Å²) in [7, 11) is 1.96. The lowest BCUT2D eigenvalue weighted by molar-refractivity contribution is 0.0942. The van der Waals surface area contributed by atoms with Crippen LogP contribution in [0.2, 0.25) is 5.02 Å². The lowest BCUT2D eigenvalue weighted by Gasteiger charge is -2.24. The molecule has 0 amide bonds. The van der Waals surface area contributed by atoms with Gasteiger partial charge in [0.05, 0.1) is 35.9 Å². The molecule has 5 rings (SSSR count). The third kappa shape index (κ3) is 10.5. The standard InChI is InChI=1S/C39H45ClN8O5/c1-25-30(8-5-9-33(25)34-10-6-11-36(26(34)2)51-13-7-12-42-20-32(50)22-49)24-53-38-16-37(52-23-29-14-28(17-41)18-43-19-29)31(15-35(38)40)21-48(4)27(3)39-44-46-47-45-39/h5-6,8-11,14-16,18-19,27,32,42,49-50H,7,12-13,20-24H2,1-4H3,(H,44,45,46,47)/t27?,32-/m0/s1. The summed E-state index contributed by atoms with van der Waals surface area (Å²) in [5.74, 6) is 2.50. The molecule has 0 saturated heterocycles. The molecule has 3 aromatic carbocycles. The van der Waals surface area contributed by atoms with Gasteiger partial charge in [-0.15, -0.1) is 5.10 Å². The van der Waals surface area contributed by atoms with Gasteiger partial charge in [-0.25, -0.2) is 5.10 Å². The number of aliphatic hydroxyl groups excluding tert-OH is 2. The van der Waals surface area contributed by atoms with E-state index in [9.17, 15) is 10.4 Å². The number of pyridine rings is 1. The average molecular weight is 741 g/mol. The first kappa shape index (κ1) is 39.1. The molecule has 53 heavy (non-hydrogen) atoms. The molecule has 0 saturated carbocycles. The highest BCUT2D eigenvalue weighted by molar-refractivity contribution is 6.32. The first-order valence-corrected chi connectivity index (χ1v) is 17.7. The first-order valence-electron chi connectivity index (χ1n) is 17.3. The Morgan fingerprint density at radius 2 is 1.74 bits per heavy atom. The van der Waals surface area contributed by atoms with Crippen molar-refractivity contribution in [1.29, 1.82) is 5.26 Å². The van der Waals surface area contributed by atoms with E-state index in [1.165, 1.54) is 6.20 Å². The summed E-state index contributed by atoms with van der Waals surface area (Å²) in [5, 5.41) is 45.6. The smallest absolute Gasteiger partial charge is 0.165 e. The lowest BCUT2D eigenvalue weighted by atomic mass is 9.93. The molecule has 0 aliphatic heterocycles. The van der Waals surface area contributed by atoms with Gasteiger partial charge in [0, 0.05) is 42.7 Å². The summed E-state index contributed by atoms with van der Waals surface area (Å²) in [6, 6.07) is 19.6. The van der Waals surface area contributed by atoms with E-state index < -0.39 is 6.10 Å². The number of hydrogen-bond donors (Lipinski definition) is 4. The van der Waals surface area contributed by atoms with Crippen LogP contribution in [0.25, 0.3) is 11.1 Å². The minimum atomic E-state index is -0.761. The summed E-state index contributed by atoms with van der Waals surface area (Å²) >= 11 is 6.86. The second kappa shape index (κ2) is 19.1. The van der Waals surface area contributed by atoms with Crippen LogP contribution in [-0.2, 0) is 19.8 Å². The maximum absolute atomic E-state index is 9.49. The van der Waals surface area contributed by atoms with Gasteiger partial charge in [0.25, 0.3) is 0 Å². The molecule has 4 N–H and O–H groups in total. The zero-order valence-corrected chi connectivity index (χ0v) is 31.1. The van der Waals surface area contributed by atoms with Crippen molar-refractivity contribution >= 4 is 11.6 Å². The van der Waals surface area contributed by atoms with Gasteiger partial charge in [0.1, 0.15) is 36.5 Å². The van der Waals surface area contributed by atoms with E-state index in [0.29, 0.717) is 54.2 Å². The molecule has 2 aromatic heterocycles. The van der Waals surface area contributed by atoms with E-state index in [1.54, 1.807) is 12.3 Å². The highest BCUT2D eigenvalue weighted by Crippen LogP contribution is 2.37. The second-order valence-electron chi connectivity index (χ2n) is 12.8. The molecule has 1 unspecified atom stereocenters. The molecule has 278 valence electrons. The molecule has 2 atom stereocenters. The first-order chi connectivity index (χ1) is 25.7. The number of aromatic amines is 1. The number of rotatable bonds is 19. The fourth-order valence-corrected chi connectivity index (χ4v) is 5.99. The molecular formula is C39H45ClN8O5. The van der Waals surface area contributed by atoms with Crippen LogP contribution >= 0.6 is 11.6 Å². The zero-order chi connectivity index (χ0) is 37.7. The third-order valence-electron chi connectivity index (χ3n) is 9.02. The Balaban J connectivity index is 1.32. The second-order valence-corrected chi connectivity index (χ2v) is 13.2. The van der Waals surface area contributed by atoms with Crippen molar-refractivity contribution in [3.63, 3.8) is 0 Å². The molecule has 2 heterocycles. The average Bonchev–Trinajstić information content (AvgIpc) is 3.71. The van der Waals surface area contributed by atoms with Gasteiger partial charge in [-0.05, 0) is 97.2 Å². The predicted octanol–water partition coefficient (Wildman–Crippen LogP) is 5.47. The van der Waals surface area contributed by atoms with Crippen LogP contribution in [0.3, 0.4) is 0 Å². The Labute approximate surface area is 314 Å². The molecular weight excluding hydrogens is 696 g/mol. The maximum atomic E-state index is 9.49.